The SMILES string of the molecule is CC1(C)OC(=O)N(c2ccccc2[N+](=O)[O-])c2ccccc21. The average molecular weight is 298 g/mol. The summed E-state index contributed by atoms with van der Waals surface area (Å²) in [5.41, 5.74) is 0.661. The zero-order chi connectivity index (χ0) is 15.9. The topological polar surface area (TPSA) is 72.7 Å². The van der Waals surface area contributed by atoms with Gasteiger partial charge in [-0.05, 0) is 26.0 Å². The van der Waals surface area contributed by atoms with Crippen molar-refractivity contribution in [3.05, 3.63) is 64.2 Å². The Morgan fingerprint density at radius 2 is 1.64 bits per heavy atom. The number of amides is 1. The molecule has 0 saturated carbocycles. The highest BCUT2D eigenvalue weighted by Gasteiger charge is 2.40. The smallest absolute Gasteiger partial charge is 0.420 e. The Hall–Kier alpha value is -2.89. The minimum Gasteiger partial charge on any atom is -0.438 e. The molecule has 0 atom stereocenters. The third-order valence-corrected chi connectivity index (χ3v) is 3.64. The van der Waals surface area contributed by atoms with E-state index < -0.39 is 16.6 Å². The Kier molecular flexibility index (Phi) is 3.09. The standard InChI is InChI=1S/C16H14N2O4/c1-16(2)11-7-3-4-8-12(11)17(15(19)22-16)13-9-5-6-10-14(13)18(20)21/h3-10H,1-2H3. The number of nitro benzene ring substituents is 1. The van der Waals surface area contributed by atoms with Crippen molar-refractivity contribution in [3.63, 3.8) is 0 Å². The van der Waals surface area contributed by atoms with Gasteiger partial charge in [0.15, 0.2) is 0 Å². The fraction of sp³-hybridized carbons (Fsp3) is 0.188. The number of cyclic esters (lactones) is 1. The molecule has 3 rings (SSSR count). The number of hydrogen-bond donors (Lipinski definition) is 0. The van der Waals surface area contributed by atoms with Gasteiger partial charge in [0, 0.05) is 11.6 Å². The van der Waals surface area contributed by atoms with Gasteiger partial charge in [0.1, 0.15) is 11.3 Å². The molecule has 0 unspecified atom stereocenters. The van der Waals surface area contributed by atoms with Crippen LogP contribution < -0.4 is 4.90 Å². The molecular formula is C16H14N2O4. The first-order chi connectivity index (χ1) is 10.4. The highest BCUT2D eigenvalue weighted by molar-refractivity contribution is 6.01. The van der Waals surface area contributed by atoms with Gasteiger partial charge in [-0.15, -0.1) is 0 Å². The summed E-state index contributed by atoms with van der Waals surface area (Å²) in [6.07, 6.45) is -0.627. The van der Waals surface area contributed by atoms with Crippen LogP contribution in [0.15, 0.2) is 48.5 Å². The Morgan fingerprint density at radius 3 is 2.32 bits per heavy atom. The van der Waals surface area contributed by atoms with Gasteiger partial charge in [0.2, 0.25) is 0 Å². The van der Waals surface area contributed by atoms with Crippen molar-refractivity contribution < 1.29 is 14.5 Å². The zero-order valence-corrected chi connectivity index (χ0v) is 12.1. The number of carbonyl (C=O) groups excluding carboxylic acids is 1. The molecule has 112 valence electrons. The van der Waals surface area contributed by atoms with Crippen molar-refractivity contribution in [2.75, 3.05) is 4.90 Å². The van der Waals surface area contributed by atoms with Crippen LogP contribution in [-0.2, 0) is 10.3 Å². The summed E-state index contributed by atoms with van der Waals surface area (Å²) >= 11 is 0. The van der Waals surface area contributed by atoms with E-state index in [1.54, 1.807) is 38.1 Å². The van der Waals surface area contributed by atoms with Crippen molar-refractivity contribution >= 4 is 23.2 Å². The number of benzene rings is 2. The second kappa shape index (κ2) is 4.84. The number of fused-ring (bicyclic) bond motifs is 1. The molecule has 0 aromatic heterocycles. The van der Waals surface area contributed by atoms with Crippen LogP contribution in [0.3, 0.4) is 0 Å². The second-order valence-corrected chi connectivity index (χ2v) is 5.48. The predicted molar refractivity (Wildman–Crippen MR) is 81.2 cm³/mol. The molecule has 0 spiro atoms. The van der Waals surface area contributed by atoms with E-state index in [0.717, 1.165) is 5.56 Å². The maximum absolute atomic E-state index is 12.4. The Morgan fingerprint density at radius 1 is 1.05 bits per heavy atom. The average Bonchev–Trinajstić information content (AvgIpc) is 2.47. The largest absolute Gasteiger partial charge is 0.438 e. The van der Waals surface area contributed by atoms with Crippen molar-refractivity contribution in [2.45, 2.75) is 19.4 Å². The van der Waals surface area contributed by atoms with Crippen molar-refractivity contribution in [2.24, 2.45) is 0 Å². The van der Waals surface area contributed by atoms with E-state index in [4.69, 9.17) is 4.74 Å². The quantitative estimate of drug-likeness (QED) is 0.617. The molecule has 1 amide bonds. The van der Waals surface area contributed by atoms with Gasteiger partial charge in [-0.3, -0.25) is 10.1 Å². The summed E-state index contributed by atoms with van der Waals surface area (Å²) in [5, 5.41) is 11.2. The summed E-state index contributed by atoms with van der Waals surface area (Å²) in [7, 11) is 0. The van der Waals surface area contributed by atoms with Gasteiger partial charge < -0.3 is 4.74 Å². The van der Waals surface area contributed by atoms with Crippen LogP contribution >= 0.6 is 0 Å². The number of nitro groups is 1. The van der Waals surface area contributed by atoms with Gasteiger partial charge in [0.05, 0.1) is 10.6 Å². The zero-order valence-electron chi connectivity index (χ0n) is 12.1. The maximum Gasteiger partial charge on any atom is 0.420 e. The third-order valence-electron chi connectivity index (χ3n) is 3.64. The van der Waals surface area contributed by atoms with Crippen molar-refractivity contribution in [1.29, 1.82) is 0 Å². The van der Waals surface area contributed by atoms with Gasteiger partial charge >= 0.3 is 6.09 Å². The van der Waals surface area contributed by atoms with Crippen LogP contribution in [0.5, 0.6) is 0 Å². The van der Waals surface area contributed by atoms with E-state index in [2.05, 4.69) is 0 Å². The monoisotopic (exact) mass is 298 g/mol. The Balaban J connectivity index is 2.24. The number of carbonyl (C=O) groups is 1. The molecule has 22 heavy (non-hydrogen) atoms. The van der Waals surface area contributed by atoms with Crippen molar-refractivity contribution in [3.8, 4) is 0 Å². The second-order valence-electron chi connectivity index (χ2n) is 5.48. The molecule has 0 N–H and O–H groups in total. The molecule has 1 aliphatic heterocycles. The highest BCUT2D eigenvalue weighted by Crippen LogP contribution is 2.44. The molecule has 6 nitrogen and oxygen atoms in total. The van der Waals surface area contributed by atoms with Crippen LogP contribution in [0, 0.1) is 10.1 Å². The van der Waals surface area contributed by atoms with Gasteiger partial charge in [-0.1, -0.05) is 30.3 Å². The fourth-order valence-corrected chi connectivity index (χ4v) is 2.63. The summed E-state index contributed by atoms with van der Waals surface area (Å²) in [6.45, 7) is 3.58. The first-order valence-corrected chi connectivity index (χ1v) is 6.78. The molecule has 0 aliphatic carbocycles. The number of nitrogens with zero attached hydrogens (tertiary/aromatic N) is 2. The summed E-state index contributed by atoms with van der Waals surface area (Å²) in [5.74, 6) is 0. The van der Waals surface area contributed by atoms with E-state index in [-0.39, 0.29) is 11.4 Å². The molecule has 2 aromatic rings. The minimum atomic E-state index is -0.784. The molecule has 1 aliphatic rings. The van der Waals surface area contributed by atoms with E-state index >= 15 is 0 Å². The van der Waals surface area contributed by atoms with E-state index in [1.807, 2.05) is 12.1 Å². The predicted octanol–water partition coefficient (Wildman–Crippen LogP) is 4.12. The number of anilines is 2. The van der Waals surface area contributed by atoms with E-state index in [9.17, 15) is 14.9 Å². The first-order valence-electron chi connectivity index (χ1n) is 6.78. The lowest BCUT2D eigenvalue weighted by atomic mass is 9.94. The van der Waals surface area contributed by atoms with E-state index in [1.165, 1.54) is 17.0 Å². The lowest BCUT2D eigenvalue weighted by Crippen LogP contribution is -2.40. The molecule has 0 fully saturated rings. The molecular weight excluding hydrogens is 284 g/mol. The normalized spacial score (nSPS) is 15.9. The molecule has 0 saturated heterocycles. The van der Waals surface area contributed by atoms with E-state index in [0.29, 0.717) is 5.69 Å². The Bertz CT molecular complexity index is 770. The molecule has 0 bridgehead atoms. The fourth-order valence-electron chi connectivity index (χ4n) is 2.63. The van der Waals surface area contributed by atoms with Crippen LogP contribution in [-0.4, -0.2) is 11.0 Å². The molecule has 6 heteroatoms. The summed E-state index contributed by atoms with van der Waals surface area (Å²) < 4.78 is 5.47. The first kappa shape index (κ1) is 14.1. The number of rotatable bonds is 2. The number of para-hydroxylation sites is 3. The highest BCUT2D eigenvalue weighted by atomic mass is 16.6. The lowest BCUT2D eigenvalue weighted by molar-refractivity contribution is -0.384. The Labute approximate surface area is 127 Å². The van der Waals surface area contributed by atoms with Crippen LogP contribution in [0.4, 0.5) is 21.9 Å². The summed E-state index contributed by atoms with van der Waals surface area (Å²) in [4.78, 5) is 24.4. The molecule has 2 aromatic carbocycles. The molecule has 1 heterocycles. The maximum atomic E-state index is 12.4. The lowest BCUT2D eigenvalue weighted by Gasteiger charge is -2.38. The minimum absolute atomic E-state index is 0.144. The third kappa shape index (κ3) is 2.09. The van der Waals surface area contributed by atoms with Gasteiger partial charge in [-0.2, -0.15) is 0 Å². The van der Waals surface area contributed by atoms with Crippen LogP contribution in [0.25, 0.3) is 0 Å². The number of ether oxygens (including phenoxy) is 1. The number of hydrogen-bond acceptors (Lipinski definition) is 4. The molecule has 0 radical (unpaired) electrons. The van der Waals surface area contributed by atoms with Gasteiger partial charge in [-0.25, -0.2) is 9.69 Å². The van der Waals surface area contributed by atoms with Crippen LogP contribution in [0.2, 0.25) is 0 Å². The van der Waals surface area contributed by atoms with Crippen molar-refractivity contribution in [1.82, 2.24) is 0 Å². The van der Waals surface area contributed by atoms with Crippen LogP contribution in [0.1, 0.15) is 19.4 Å². The van der Waals surface area contributed by atoms with Gasteiger partial charge in [0.25, 0.3) is 5.69 Å². The summed E-state index contributed by atoms with van der Waals surface area (Å²) in [6, 6.07) is 13.4.